The second-order valence-corrected chi connectivity index (χ2v) is 10.8. The highest BCUT2D eigenvalue weighted by Crippen LogP contribution is 2.45. The van der Waals surface area contributed by atoms with Crippen LogP contribution in [0.5, 0.6) is 0 Å². The molecule has 0 saturated carbocycles. The monoisotopic (exact) mass is 467 g/mol. The maximum atomic E-state index is 13.7. The molecule has 1 fully saturated rings. The van der Waals surface area contributed by atoms with Gasteiger partial charge in [-0.2, -0.15) is 0 Å². The standard InChI is InChI=1S/C30H33N3O2/c1-30(2,3)20-27(34)31-21-12-14-22(15-13-21)32-16-18-33(19-17-32)29(35)28-25-10-6-4-8-23(25)24-9-5-7-11-26(24)28/h4-15,28H,16-20H2,1-3H3,(H,31,34). The van der Waals surface area contributed by atoms with Crippen molar-refractivity contribution in [3.05, 3.63) is 83.9 Å². The summed E-state index contributed by atoms with van der Waals surface area (Å²) in [6.45, 7) is 9.15. The number of hydrogen-bond acceptors (Lipinski definition) is 3. The molecule has 3 aromatic rings. The van der Waals surface area contributed by atoms with E-state index in [1.807, 2.05) is 53.4 Å². The average molecular weight is 468 g/mol. The average Bonchev–Trinajstić information content (AvgIpc) is 3.17. The van der Waals surface area contributed by atoms with Crippen LogP contribution in [0.1, 0.15) is 44.2 Å². The SMILES string of the molecule is CC(C)(C)CC(=O)Nc1ccc(N2CCN(C(=O)C3c4ccccc4-c4ccccc43)CC2)cc1. The van der Waals surface area contributed by atoms with Crippen LogP contribution >= 0.6 is 0 Å². The lowest BCUT2D eigenvalue weighted by atomic mass is 9.92. The Bertz CT molecular complexity index is 1190. The molecule has 0 aromatic heterocycles. The van der Waals surface area contributed by atoms with Crippen molar-refractivity contribution >= 4 is 23.2 Å². The lowest BCUT2D eigenvalue weighted by Gasteiger charge is -2.37. The van der Waals surface area contributed by atoms with Crippen LogP contribution in [0.25, 0.3) is 11.1 Å². The Morgan fingerprint density at radius 2 is 1.34 bits per heavy atom. The molecule has 180 valence electrons. The molecule has 0 unspecified atom stereocenters. The van der Waals surface area contributed by atoms with Crippen LogP contribution < -0.4 is 10.2 Å². The number of anilines is 2. The molecule has 0 atom stereocenters. The molecule has 5 heteroatoms. The molecule has 1 aliphatic heterocycles. The molecule has 0 bridgehead atoms. The van der Waals surface area contributed by atoms with Crippen LogP contribution in [0.2, 0.25) is 0 Å². The number of benzene rings is 3. The third kappa shape index (κ3) is 4.81. The van der Waals surface area contributed by atoms with E-state index in [0.717, 1.165) is 35.6 Å². The molecule has 3 aromatic carbocycles. The second-order valence-electron chi connectivity index (χ2n) is 10.8. The number of fused-ring (bicyclic) bond motifs is 3. The van der Waals surface area contributed by atoms with Gasteiger partial charge in [0.25, 0.3) is 0 Å². The summed E-state index contributed by atoms with van der Waals surface area (Å²) in [7, 11) is 0. The van der Waals surface area contributed by atoms with Gasteiger partial charge in [0.05, 0.1) is 5.92 Å². The highest BCUT2D eigenvalue weighted by molar-refractivity contribution is 5.96. The van der Waals surface area contributed by atoms with Crippen LogP contribution in [0.3, 0.4) is 0 Å². The topological polar surface area (TPSA) is 52.7 Å². The fourth-order valence-electron chi connectivity index (χ4n) is 5.23. The fraction of sp³-hybridized carbons (Fsp3) is 0.333. The van der Waals surface area contributed by atoms with Gasteiger partial charge in [-0.25, -0.2) is 0 Å². The Balaban J connectivity index is 1.23. The number of piperazine rings is 1. The molecule has 5 nitrogen and oxygen atoms in total. The van der Waals surface area contributed by atoms with Crippen LogP contribution in [0.15, 0.2) is 72.8 Å². The molecule has 0 spiro atoms. The van der Waals surface area contributed by atoms with E-state index >= 15 is 0 Å². The Hall–Kier alpha value is -3.60. The maximum Gasteiger partial charge on any atom is 0.234 e. The highest BCUT2D eigenvalue weighted by atomic mass is 16.2. The van der Waals surface area contributed by atoms with Crippen LogP contribution in [-0.4, -0.2) is 42.9 Å². The van der Waals surface area contributed by atoms with Gasteiger partial charge in [0, 0.05) is 44.0 Å². The number of rotatable bonds is 4. The van der Waals surface area contributed by atoms with Crippen molar-refractivity contribution in [2.75, 3.05) is 36.4 Å². The quantitative estimate of drug-likeness (QED) is 0.550. The van der Waals surface area contributed by atoms with E-state index < -0.39 is 0 Å². The van der Waals surface area contributed by atoms with E-state index in [1.54, 1.807) is 0 Å². The van der Waals surface area contributed by atoms with Gasteiger partial charge < -0.3 is 15.1 Å². The minimum absolute atomic E-state index is 0.0347. The van der Waals surface area contributed by atoms with Gasteiger partial charge in [-0.3, -0.25) is 9.59 Å². The Morgan fingerprint density at radius 1 is 0.800 bits per heavy atom. The number of nitrogens with one attached hydrogen (secondary N) is 1. The fourth-order valence-corrected chi connectivity index (χ4v) is 5.23. The molecule has 5 rings (SSSR count). The molecular formula is C30H33N3O2. The zero-order valence-electron chi connectivity index (χ0n) is 20.8. The molecular weight excluding hydrogens is 434 g/mol. The normalized spacial score (nSPS) is 15.5. The summed E-state index contributed by atoms with van der Waals surface area (Å²) in [5, 5.41) is 2.99. The van der Waals surface area contributed by atoms with E-state index in [-0.39, 0.29) is 23.1 Å². The third-order valence-electron chi connectivity index (χ3n) is 6.88. The zero-order valence-corrected chi connectivity index (χ0v) is 20.8. The van der Waals surface area contributed by atoms with Gasteiger partial charge in [0.1, 0.15) is 0 Å². The van der Waals surface area contributed by atoms with Gasteiger partial charge in [-0.15, -0.1) is 0 Å². The molecule has 1 saturated heterocycles. The number of carbonyl (C=O) groups excluding carboxylic acids is 2. The Morgan fingerprint density at radius 3 is 1.89 bits per heavy atom. The second kappa shape index (κ2) is 9.21. The summed E-state index contributed by atoms with van der Waals surface area (Å²) in [4.78, 5) is 30.2. The summed E-state index contributed by atoms with van der Waals surface area (Å²) in [5.41, 5.74) is 6.47. The largest absolute Gasteiger partial charge is 0.368 e. The molecule has 1 aliphatic carbocycles. The predicted molar refractivity (Wildman–Crippen MR) is 142 cm³/mol. The van der Waals surface area contributed by atoms with Crippen molar-refractivity contribution in [3.63, 3.8) is 0 Å². The number of hydrogen-bond donors (Lipinski definition) is 1. The van der Waals surface area contributed by atoms with Crippen LogP contribution in [0, 0.1) is 5.41 Å². The summed E-state index contributed by atoms with van der Waals surface area (Å²) in [6.07, 6.45) is 0.487. The predicted octanol–water partition coefficient (Wildman–Crippen LogP) is 5.52. The van der Waals surface area contributed by atoms with Gasteiger partial charge in [-0.1, -0.05) is 69.3 Å². The molecule has 1 N–H and O–H groups in total. The van der Waals surface area contributed by atoms with Crippen molar-refractivity contribution < 1.29 is 9.59 Å². The van der Waals surface area contributed by atoms with Crippen LogP contribution in [-0.2, 0) is 9.59 Å². The first-order valence-electron chi connectivity index (χ1n) is 12.4. The first-order chi connectivity index (χ1) is 16.8. The van der Waals surface area contributed by atoms with Gasteiger partial charge in [0.15, 0.2) is 0 Å². The van der Waals surface area contributed by atoms with Crippen LogP contribution in [0.4, 0.5) is 11.4 Å². The molecule has 2 aliphatic rings. The Labute approximate surface area is 207 Å². The summed E-state index contributed by atoms with van der Waals surface area (Å²) >= 11 is 0. The van der Waals surface area contributed by atoms with E-state index in [4.69, 9.17) is 0 Å². The van der Waals surface area contributed by atoms with Crippen molar-refractivity contribution in [1.29, 1.82) is 0 Å². The van der Waals surface area contributed by atoms with E-state index in [2.05, 4.69) is 55.3 Å². The number of carbonyl (C=O) groups is 2. The molecule has 35 heavy (non-hydrogen) atoms. The summed E-state index contributed by atoms with van der Waals surface area (Å²) in [6, 6.07) is 24.6. The lowest BCUT2D eigenvalue weighted by Crippen LogP contribution is -2.50. The van der Waals surface area contributed by atoms with E-state index in [9.17, 15) is 9.59 Å². The van der Waals surface area contributed by atoms with Crippen molar-refractivity contribution in [3.8, 4) is 11.1 Å². The number of nitrogens with zero attached hydrogens (tertiary/aromatic N) is 2. The molecule has 0 radical (unpaired) electrons. The van der Waals surface area contributed by atoms with Gasteiger partial charge >= 0.3 is 0 Å². The minimum atomic E-state index is -0.218. The Kier molecular flexibility index (Phi) is 6.10. The van der Waals surface area contributed by atoms with Crippen molar-refractivity contribution in [2.45, 2.75) is 33.1 Å². The van der Waals surface area contributed by atoms with Crippen molar-refractivity contribution in [1.82, 2.24) is 4.90 Å². The van der Waals surface area contributed by atoms with Crippen molar-refractivity contribution in [2.24, 2.45) is 5.41 Å². The molecule has 2 amide bonds. The smallest absolute Gasteiger partial charge is 0.234 e. The minimum Gasteiger partial charge on any atom is -0.368 e. The highest BCUT2D eigenvalue weighted by Gasteiger charge is 2.36. The summed E-state index contributed by atoms with van der Waals surface area (Å²) < 4.78 is 0. The first kappa shape index (κ1) is 23.2. The third-order valence-corrected chi connectivity index (χ3v) is 6.88. The van der Waals surface area contributed by atoms with E-state index in [1.165, 1.54) is 11.1 Å². The summed E-state index contributed by atoms with van der Waals surface area (Å²) in [5.74, 6) is 0.0105. The molecule has 1 heterocycles. The zero-order chi connectivity index (χ0) is 24.6. The van der Waals surface area contributed by atoms with E-state index in [0.29, 0.717) is 19.5 Å². The lowest BCUT2D eigenvalue weighted by molar-refractivity contribution is -0.132. The number of amides is 2. The van der Waals surface area contributed by atoms with Gasteiger partial charge in [0.2, 0.25) is 11.8 Å². The first-order valence-corrected chi connectivity index (χ1v) is 12.4. The maximum absolute atomic E-state index is 13.7. The van der Waals surface area contributed by atoms with Gasteiger partial charge in [-0.05, 0) is 51.9 Å².